The van der Waals surface area contributed by atoms with E-state index in [4.69, 9.17) is 27.9 Å². The topological polar surface area (TPSA) is 9.23 Å². The van der Waals surface area contributed by atoms with Gasteiger partial charge in [0.25, 0.3) is 0 Å². The molecule has 1 nitrogen and oxygen atoms in total. The van der Waals surface area contributed by atoms with E-state index in [1.165, 1.54) is 30.4 Å². The molecule has 0 fully saturated rings. The van der Waals surface area contributed by atoms with Gasteiger partial charge < -0.3 is 4.74 Å². The van der Waals surface area contributed by atoms with Crippen LogP contribution in [-0.4, -0.2) is 6.61 Å². The Balaban J connectivity index is 1.76. The molecule has 0 heterocycles. The number of hydrogen-bond donors (Lipinski definition) is 0. The first-order chi connectivity index (χ1) is 10.3. The second kappa shape index (κ2) is 6.72. The Morgan fingerprint density at radius 3 is 2.81 bits per heavy atom. The third-order valence-corrected chi connectivity index (χ3v) is 4.76. The lowest BCUT2D eigenvalue weighted by atomic mass is 9.83. The third-order valence-electron chi connectivity index (χ3n) is 4.14. The summed E-state index contributed by atoms with van der Waals surface area (Å²) in [5.74, 6) is 1.63. The molecule has 1 aliphatic rings. The smallest absolute Gasteiger partial charge is 0.125 e. The largest absolute Gasteiger partial charge is 0.493 e. The number of alkyl halides is 1. The van der Waals surface area contributed by atoms with Crippen molar-refractivity contribution in [2.45, 2.75) is 31.1 Å². The van der Waals surface area contributed by atoms with Crippen molar-refractivity contribution in [2.24, 2.45) is 0 Å². The standard InChI is InChI=1S/C18H18Cl2O/c19-11-16-17(20)9-4-10-18(16)21-12-14-7-3-6-13-5-1-2-8-15(13)14/h1-2,4-5,8-10,14H,3,6-7,11-12H2. The van der Waals surface area contributed by atoms with Crippen LogP contribution in [0.5, 0.6) is 5.75 Å². The summed E-state index contributed by atoms with van der Waals surface area (Å²) in [6.45, 7) is 0.682. The summed E-state index contributed by atoms with van der Waals surface area (Å²) >= 11 is 12.1. The van der Waals surface area contributed by atoms with Crippen molar-refractivity contribution in [3.05, 3.63) is 64.2 Å². The lowest BCUT2D eigenvalue weighted by Gasteiger charge is -2.26. The number of aryl methyl sites for hydroxylation is 1. The highest BCUT2D eigenvalue weighted by molar-refractivity contribution is 6.32. The summed E-state index contributed by atoms with van der Waals surface area (Å²) in [5.41, 5.74) is 3.77. The average Bonchev–Trinajstić information content (AvgIpc) is 2.53. The van der Waals surface area contributed by atoms with Gasteiger partial charge in [0.1, 0.15) is 5.75 Å². The van der Waals surface area contributed by atoms with Gasteiger partial charge in [0.05, 0.1) is 12.5 Å². The van der Waals surface area contributed by atoms with Gasteiger partial charge in [0, 0.05) is 16.5 Å². The van der Waals surface area contributed by atoms with Crippen molar-refractivity contribution in [3.63, 3.8) is 0 Å². The third kappa shape index (κ3) is 3.20. The molecule has 1 aliphatic carbocycles. The van der Waals surface area contributed by atoms with Gasteiger partial charge in [0.15, 0.2) is 0 Å². The van der Waals surface area contributed by atoms with Crippen LogP contribution in [0, 0.1) is 0 Å². The minimum Gasteiger partial charge on any atom is -0.493 e. The molecule has 3 heteroatoms. The lowest BCUT2D eigenvalue weighted by molar-refractivity contribution is 0.273. The van der Waals surface area contributed by atoms with Crippen molar-refractivity contribution >= 4 is 23.2 Å². The molecule has 0 bridgehead atoms. The van der Waals surface area contributed by atoms with Crippen molar-refractivity contribution in [3.8, 4) is 5.75 Å². The highest BCUT2D eigenvalue weighted by atomic mass is 35.5. The fourth-order valence-corrected chi connectivity index (χ4v) is 3.60. The Labute approximate surface area is 135 Å². The summed E-state index contributed by atoms with van der Waals surface area (Å²) < 4.78 is 6.04. The highest BCUT2D eigenvalue weighted by Crippen LogP contribution is 2.33. The van der Waals surface area contributed by atoms with Crippen molar-refractivity contribution < 1.29 is 4.74 Å². The van der Waals surface area contributed by atoms with Crippen LogP contribution < -0.4 is 4.74 Å². The van der Waals surface area contributed by atoms with Gasteiger partial charge in [-0.3, -0.25) is 0 Å². The Hall–Kier alpha value is -1.18. The predicted octanol–water partition coefficient (Wildman–Crippen LogP) is 5.58. The molecule has 1 unspecified atom stereocenters. The summed E-state index contributed by atoms with van der Waals surface area (Å²) in [6.07, 6.45) is 3.58. The Kier molecular flexibility index (Phi) is 4.72. The van der Waals surface area contributed by atoms with E-state index < -0.39 is 0 Å². The zero-order valence-corrected chi connectivity index (χ0v) is 13.3. The molecule has 0 aliphatic heterocycles. The lowest BCUT2D eigenvalue weighted by Crippen LogP contribution is -2.17. The molecule has 0 amide bonds. The first-order valence-corrected chi connectivity index (χ1v) is 8.25. The quantitative estimate of drug-likeness (QED) is 0.668. The average molecular weight is 321 g/mol. The number of rotatable bonds is 4. The second-order valence-electron chi connectivity index (χ2n) is 5.45. The van der Waals surface area contributed by atoms with Gasteiger partial charge in [-0.05, 0) is 42.5 Å². The van der Waals surface area contributed by atoms with Crippen molar-refractivity contribution in [2.75, 3.05) is 6.61 Å². The maximum atomic E-state index is 6.17. The van der Waals surface area contributed by atoms with Crippen LogP contribution in [0.1, 0.15) is 35.4 Å². The molecule has 0 N–H and O–H groups in total. The van der Waals surface area contributed by atoms with E-state index in [2.05, 4.69) is 24.3 Å². The number of halogens is 2. The van der Waals surface area contributed by atoms with Gasteiger partial charge in [0.2, 0.25) is 0 Å². The van der Waals surface area contributed by atoms with Gasteiger partial charge in [-0.25, -0.2) is 0 Å². The van der Waals surface area contributed by atoms with Crippen molar-refractivity contribution in [1.29, 1.82) is 0 Å². The van der Waals surface area contributed by atoms with Crippen LogP contribution in [-0.2, 0) is 12.3 Å². The van der Waals surface area contributed by atoms with E-state index in [1.807, 2.05) is 18.2 Å². The zero-order chi connectivity index (χ0) is 14.7. The maximum Gasteiger partial charge on any atom is 0.125 e. The summed E-state index contributed by atoms with van der Waals surface area (Å²) in [5, 5.41) is 0.673. The van der Waals surface area contributed by atoms with Gasteiger partial charge in [-0.1, -0.05) is 41.9 Å². The van der Waals surface area contributed by atoms with E-state index in [9.17, 15) is 0 Å². The van der Waals surface area contributed by atoms with Crippen LogP contribution in [0.25, 0.3) is 0 Å². The minimum atomic E-state index is 0.371. The van der Waals surface area contributed by atoms with Crippen LogP contribution in [0.15, 0.2) is 42.5 Å². The number of hydrogen-bond acceptors (Lipinski definition) is 1. The summed E-state index contributed by atoms with van der Waals surface area (Å²) in [6, 6.07) is 14.4. The fraction of sp³-hybridized carbons (Fsp3) is 0.333. The minimum absolute atomic E-state index is 0.371. The summed E-state index contributed by atoms with van der Waals surface area (Å²) in [4.78, 5) is 0. The molecule has 0 radical (unpaired) electrons. The Morgan fingerprint density at radius 2 is 1.95 bits per heavy atom. The van der Waals surface area contributed by atoms with E-state index in [0.29, 0.717) is 23.4 Å². The number of fused-ring (bicyclic) bond motifs is 1. The molecule has 0 aromatic heterocycles. The Morgan fingerprint density at radius 1 is 1.10 bits per heavy atom. The molecule has 1 atom stereocenters. The molecular formula is C18H18Cl2O. The van der Waals surface area contributed by atoms with Crippen LogP contribution in [0.3, 0.4) is 0 Å². The Bertz CT molecular complexity index is 624. The van der Waals surface area contributed by atoms with Crippen LogP contribution in [0.2, 0.25) is 5.02 Å². The second-order valence-corrected chi connectivity index (χ2v) is 6.12. The van der Waals surface area contributed by atoms with E-state index in [-0.39, 0.29) is 0 Å². The monoisotopic (exact) mass is 320 g/mol. The van der Waals surface area contributed by atoms with Crippen molar-refractivity contribution in [1.82, 2.24) is 0 Å². The molecule has 21 heavy (non-hydrogen) atoms. The fourth-order valence-electron chi connectivity index (χ4n) is 3.02. The molecule has 110 valence electrons. The van der Waals surface area contributed by atoms with Crippen LogP contribution in [0.4, 0.5) is 0 Å². The van der Waals surface area contributed by atoms with E-state index in [1.54, 1.807) is 0 Å². The highest BCUT2D eigenvalue weighted by Gasteiger charge is 2.20. The zero-order valence-electron chi connectivity index (χ0n) is 11.8. The molecule has 3 rings (SSSR count). The number of ether oxygens (including phenoxy) is 1. The molecule has 2 aromatic carbocycles. The van der Waals surface area contributed by atoms with Gasteiger partial charge in [-0.15, -0.1) is 11.6 Å². The molecule has 0 saturated heterocycles. The van der Waals surface area contributed by atoms with E-state index >= 15 is 0 Å². The van der Waals surface area contributed by atoms with Crippen LogP contribution >= 0.6 is 23.2 Å². The molecular weight excluding hydrogens is 303 g/mol. The normalized spacial score (nSPS) is 17.3. The molecule has 2 aromatic rings. The summed E-state index contributed by atoms with van der Waals surface area (Å²) in [7, 11) is 0. The van der Waals surface area contributed by atoms with Gasteiger partial charge >= 0.3 is 0 Å². The van der Waals surface area contributed by atoms with E-state index in [0.717, 1.165) is 11.3 Å². The predicted molar refractivity (Wildman–Crippen MR) is 88.6 cm³/mol. The number of benzene rings is 2. The molecule has 0 spiro atoms. The SMILES string of the molecule is ClCc1c(Cl)cccc1OCC1CCCc2ccccc21. The first-order valence-electron chi connectivity index (χ1n) is 7.33. The first kappa shape index (κ1) is 14.7. The maximum absolute atomic E-state index is 6.17. The van der Waals surface area contributed by atoms with Gasteiger partial charge in [-0.2, -0.15) is 0 Å². The molecule has 0 saturated carbocycles.